The van der Waals surface area contributed by atoms with Gasteiger partial charge in [-0.3, -0.25) is 4.90 Å². The first-order chi connectivity index (χ1) is 7.71. The maximum absolute atomic E-state index is 5.73. The number of hydrogen-bond acceptors (Lipinski definition) is 3. The number of nitrogens with zero attached hydrogens (tertiary/aromatic N) is 1. The molecule has 1 saturated heterocycles. The number of hydrogen-bond donors (Lipinski definition) is 0. The molecule has 1 aliphatic heterocycles. The number of halogens is 1. The minimum Gasteiger partial charge on any atom is -0.377 e. The molecule has 16 heavy (non-hydrogen) atoms. The van der Waals surface area contributed by atoms with Crippen LogP contribution < -0.4 is 0 Å². The summed E-state index contributed by atoms with van der Waals surface area (Å²) in [6.07, 6.45) is 2.78. The van der Waals surface area contributed by atoms with E-state index in [0.717, 1.165) is 31.9 Å². The van der Waals surface area contributed by atoms with Gasteiger partial charge in [-0.05, 0) is 25.3 Å². The van der Waals surface area contributed by atoms with Crippen LogP contribution in [0.5, 0.6) is 0 Å². The van der Waals surface area contributed by atoms with Crippen molar-refractivity contribution in [1.29, 1.82) is 0 Å². The zero-order chi connectivity index (χ0) is 12.0. The van der Waals surface area contributed by atoms with Gasteiger partial charge in [0.15, 0.2) is 0 Å². The van der Waals surface area contributed by atoms with E-state index < -0.39 is 0 Å². The van der Waals surface area contributed by atoms with Gasteiger partial charge in [-0.15, -0.1) is 11.6 Å². The predicted molar refractivity (Wildman–Crippen MR) is 67.2 cm³/mol. The van der Waals surface area contributed by atoms with Gasteiger partial charge < -0.3 is 9.47 Å². The Labute approximate surface area is 104 Å². The highest BCUT2D eigenvalue weighted by Crippen LogP contribution is 2.17. The van der Waals surface area contributed by atoms with Crippen molar-refractivity contribution >= 4 is 11.6 Å². The summed E-state index contributed by atoms with van der Waals surface area (Å²) in [4.78, 5) is 2.42. The lowest BCUT2D eigenvalue weighted by atomic mass is 10.1. The lowest BCUT2D eigenvalue weighted by Gasteiger charge is -2.17. The van der Waals surface area contributed by atoms with Crippen LogP contribution in [0.1, 0.15) is 19.8 Å². The molecule has 3 nitrogen and oxygen atoms in total. The Morgan fingerprint density at radius 1 is 1.19 bits per heavy atom. The van der Waals surface area contributed by atoms with Crippen LogP contribution in [0.15, 0.2) is 0 Å². The van der Waals surface area contributed by atoms with Crippen molar-refractivity contribution in [2.75, 3.05) is 39.7 Å². The maximum Gasteiger partial charge on any atom is 0.0971 e. The van der Waals surface area contributed by atoms with E-state index in [4.69, 9.17) is 21.1 Å². The van der Waals surface area contributed by atoms with E-state index in [2.05, 4.69) is 11.8 Å². The third-order valence-corrected chi connectivity index (χ3v) is 3.65. The predicted octanol–water partition coefficient (Wildman–Crippen LogP) is 1.99. The summed E-state index contributed by atoms with van der Waals surface area (Å²) in [5, 5.41) is 0. The lowest BCUT2D eigenvalue weighted by molar-refractivity contribution is -0.00461. The second kappa shape index (κ2) is 7.49. The van der Waals surface area contributed by atoms with Gasteiger partial charge >= 0.3 is 0 Å². The van der Waals surface area contributed by atoms with Gasteiger partial charge in [0.25, 0.3) is 0 Å². The highest BCUT2D eigenvalue weighted by atomic mass is 35.5. The largest absolute Gasteiger partial charge is 0.377 e. The number of alkyl halides is 1. The molecule has 1 heterocycles. The smallest absolute Gasteiger partial charge is 0.0971 e. The van der Waals surface area contributed by atoms with Gasteiger partial charge in [0, 0.05) is 33.2 Å². The monoisotopic (exact) mass is 249 g/mol. The van der Waals surface area contributed by atoms with Gasteiger partial charge in [-0.1, -0.05) is 6.92 Å². The second-order valence-corrected chi connectivity index (χ2v) is 5.06. The molecule has 0 radical (unpaired) electrons. The summed E-state index contributed by atoms with van der Waals surface area (Å²) in [6.45, 7) is 5.36. The minimum absolute atomic E-state index is 0.230. The molecule has 0 spiro atoms. The van der Waals surface area contributed by atoms with Crippen molar-refractivity contribution in [2.24, 2.45) is 5.92 Å². The topological polar surface area (TPSA) is 21.7 Å². The van der Waals surface area contributed by atoms with Crippen LogP contribution >= 0.6 is 11.6 Å². The standard InChI is InChI=1S/C12H24ClNO2/c1-10(4-6-13)5-7-14-8-11(15-2)12(9-14)16-3/h10-12H,4-9H2,1-3H3. The van der Waals surface area contributed by atoms with E-state index in [9.17, 15) is 0 Å². The highest BCUT2D eigenvalue weighted by Gasteiger charge is 2.32. The van der Waals surface area contributed by atoms with E-state index in [0.29, 0.717) is 5.92 Å². The first kappa shape index (κ1) is 14.2. The molecule has 3 unspecified atom stereocenters. The van der Waals surface area contributed by atoms with Crippen LogP contribution in [0.25, 0.3) is 0 Å². The fourth-order valence-electron chi connectivity index (χ4n) is 2.19. The van der Waals surface area contributed by atoms with Crippen LogP contribution in [-0.2, 0) is 9.47 Å². The Balaban J connectivity index is 2.24. The minimum atomic E-state index is 0.230. The van der Waals surface area contributed by atoms with Gasteiger partial charge in [-0.2, -0.15) is 0 Å². The molecule has 0 aromatic heterocycles. The summed E-state index contributed by atoms with van der Waals surface area (Å²) in [6, 6.07) is 0. The van der Waals surface area contributed by atoms with E-state index in [-0.39, 0.29) is 12.2 Å². The van der Waals surface area contributed by atoms with Crippen molar-refractivity contribution in [3.8, 4) is 0 Å². The van der Waals surface area contributed by atoms with Gasteiger partial charge in [0.1, 0.15) is 0 Å². The molecule has 3 atom stereocenters. The van der Waals surface area contributed by atoms with Crippen LogP contribution in [0, 0.1) is 5.92 Å². The summed E-state index contributed by atoms with van der Waals surface area (Å²) in [5.74, 6) is 1.47. The third-order valence-electron chi connectivity index (χ3n) is 3.44. The first-order valence-electron chi connectivity index (χ1n) is 6.05. The molecule has 1 rings (SSSR count). The van der Waals surface area contributed by atoms with Gasteiger partial charge in [0.2, 0.25) is 0 Å². The molecule has 1 aliphatic rings. The van der Waals surface area contributed by atoms with Gasteiger partial charge in [0.05, 0.1) is 12.2 Å². The average molecular weight is 250 g/mol. The second-order valence-electron chi connectivity index (χ2n) is 4.68. The summed E-state index contributed by atoms with van der Waals surface area (Å²) >= 11 is 5.73. The normalized spacial score (nSPS) is 28.5. The fourth-order valence-corrected chi connectivity index (χ4v) is 2.56. The molecule has 0 aliphatic carbocycles. The summed E-state index contributed by atoms with van der Waals surface area (Å²) < 4.78 is 10.8. The number of ether oxygens (including phenoxy) is 2. The third kappa shape index (κ3) is 4.21. The van der Waals surface area contributed by atoms with E-state index in [1.165, 1.54) is 6.42 Å². The highest BCUT2D eigenvalue weighted by molar-refractivity contribution is 6.17. The average Bonchev–Trinajstić information content (AvgIpc) is 2.69. The molecule has 0 aromatic rings. The molecule has 0 amide bonds. The first-order valence-corrected chi connectivity index (χ1v) is 6.58. The summed E-state index contributed by atoms with van der Waals surface area (Å²) in [7, 11) is 3.52. The van der Waals surface area contributed by atoms with Crippen LogP contribution in [0.4, 0.5) is 0 Å². The Kier molecular flexibility index (Phi) is 6.66. The zero-order valence-electron chi connectivity index (χ0n) is 10.6. The molecule has 0 aromatic carbocycles. The quantitative estimate of drug-likeness (QED) is 0.644. The molecule has 96 valence electrons. The van der Waals surface area contributed by atoms with Crippen molar-refractivity contribution in [3.05, 3.63) is 0 Å². The Hall–Kier alpha value is 0.170. The zero-order valence-corrected chi connectivity index (χ0v) is 11.4. The van der Waals surface area contributed by atoms with Crippen LogP contribution in [-0.4, -0.2) is 56.8 Å². The van der Waals surface area contributed by atoms with Gasteiger partial charge in [-0.25, -0.2) is 0 Å². The van der Waals surface area contributed by atoms with E-state index in [1.807, 2.05) is 0 Å². The number of methoxy groups -OCH3 is 2. The van der Waals surface area contributed by atoms with Crippen molar-refractivity contribution in [1.82, 2.24) is 4.90 Å². The Bertz CT molecular complexity index is 180. The van der Waals surface area contributed by atoms with Crippen molar-refractivity contribution < 1.29 is 9.47 Å². The lowest BCUT2D eigenvalue weighted by Crippen LogP contribution is -2.27. The SMILES string of the molecule is COC1CN(CCC(C)CCCl)CC1OC. The molecule has 0 N–H and O–H groups in total. The van der Waals surface area contributed by atoms with Crippen LogP contribution in [0.3, 0.4) is 0 Å². The maximum atomic E-state index is 5.73. The van der Waals surface area contributed by atoms with Crippen molar-refractivity contribution in [2.45, 2.75) is 32.0 Å². The Morgan fingerprint density at radius 2 is 1.75 bits per heavy atom. The molecular weight excluding hydrogens is 226 g/mol. The fraction of sp³-hybridized carbons (Fsp3) is 1.00. The van der Waals surface area contributed by atoms with Crippen LogP contribution in [0.2, 0.25) is 0 Å². The number of likely N-dealkylation sites (tertiary alicyclic amines) is 1. The van der Waals surface area contributed by atoms with E-state index >= 15 is 0 Å². The van der Waals surface area contributed by atoms with Crippen molar-refractivity contribution in [3.63, 3.8) is 0 Å². The number of rotatable bonds is 7. The molecule has 1 fully saturated rings. The summed E-state index contributed by atoms with van der Waals surface area (Å²) in [5.41, 5.74) is 0. The Morgan fingerprint density at radius 3 is 2.19 bits per heavy atom. The molecule has 0 bridgehead atoms. The molecule has 0 saturated carbocycles. The molecular formula is C12H24ClNO2. The molecule has 4 heteroatoms. The van der Waals surface area contributed by atoms with E-state index in [1.54, 1.807) is 14.2 Å².